The summed E-state index contributed by atoms with van der Waals surface area (Å²) >= 11 is 0. The van der Waals surface area contributed by atoms with Gasteiger partial charge in [0.2, 0.25) is 5.91 Å². The van der Waals surface area contributed by atoms with Crippen LogP contribution < -0.4 is 10.2 Å². The van der Waals surface area contributed by atoms with Gasteiger partial charge in [-0.3, -0.25) is 14.7 Å². The molecule has 7 nitrogen and oxygen atoms in total. The number of nitrogens with one attached hydrogen (secondary N) is 1. The van der Waals surface area contributed by atoms with Crippen LogP contribution in [0.15, 0.2) is 48.8 Å². The molecule has 1 aliphatic rings. The smallest absolute Gasteiger partial charge is 0.321 e. The number of carbonyl (C=O) groups is 2. The zero-order valence-electron chi connectivity index (χ0n) is 15.8. The number of carbonyl (C=O) groups excluding carboxylic acids is 2. The standard InChI is InChI=1S/C20H25N5O2/c1-16(26)23(2)19-5-3-18(4-6-19)22-20(27)25-13-11-24(12-14-25)15-17-7-9-21-10-8-17/h3-10H,11-15H2,1-2H3,(H,22,27). The summed E-state index contributed by atoms with van der Waals surface area (Å²) in [6.07, 6.45) is 3.61. The molecule has 3 amide bonds. The molecular formula is C20H25N5O2. The zero-order chi connectivity index (χ0) is 19.2. The van der Waals surface area contributed by atoms with Crippen LogP contribution in [0, 0.1) is 0 Å². The van der Waals surface area contributed by atoms with E-state index in [1.807, 2.05) is 41.3 Å². The number of rotatable bonds is 4. The number of nitrogens with zero attached hydrogens (tertiary/aromatic N) is 4. The molecule has 0 aliphatic carbocycles. The van der Waals surface area contributed by atoms with Gasteiger partial charge in [-0.15, -0.1) is 0 Å². The molecule has 0 atom stereocenters. The van der Waals surface area contributed by atoms with Crippen molar-refractivity contribution in [1.29, 1.82) is 0 Å². The van der Waals surface area contributed by atoms with E-state index in [0.29, 0.717) is 13.1 Å². The van der Waals surface area contributed by atoms with Gasteiger partial charge in [-0.2, -0.15) is 0 Å². The van der Waals surface area contributed by atoms with Gasteiger partial charge in [-0.05, 0) is 42.0 Å². The summed E-state index contributed by atoms with van der Waals surface area (Å²) in [6.45, 7) is 5.48. The Morgan fingerprint density at radius 3 is 2.26 bits per heavy atom. The quantitative estimate of drug-likeness (QED) is 0.901. The molecule has 1 aromatic heterocycles. The van der Waals surface area contributed by atoms with E-state index in [1.165, 1.54) is 12.5 Å². The van der Waals surface area contributed by atoms with Crippen molar-refractivity contribution in [2.45, 2.75) is 13.5 Å². The SMILES string of the molecule is CC(=O)N(C)c1ccc(NC(=O)N2CCN(Cc3ccncc3)CC2)cc1. The lowest BCUT2D eigenvalue weighted by atomic mass is 10.2. The van der Waals surface area contributed by atoms with E-state index in [9.17, 15) is 9.59 Å². The van der Waals surface area contributed by atoms with Gasteiger partial charge < -0.3 is 15.1 Å². The fourth-order valence-corrected chi connectivity index (χ4v) is 3.01. The molecule has 1 aromatic carbocycles. The summed E-state index contributed by atoms with van der Waals surface area (Å²) in [6, 6.07) is 11.2. The second kappa shape index (κ2) is 8.64. The fourth-order valence-electron chi connectivity index (χ4n) is 3.01. The predicted molar refractivity (Wildman–Crippen MR) is 106 cm³/mol. The molecule has 2 heterocycles. The first kappa shape index (κ1) is 18.8. The molecule has 2 aromatic rings. The molecule has 142 valence electrons. The summed E-state index contributed by atoms with van der Waals surface area (Å²) in [7, 11) is 1.72. The predicted octanol–water partition coefficient (Wildman–Crippen LogP) is 2.41. The van der Waals surface area contributed by atoms with Crippen molar-refractivity contribution in [1.82, 2.24) is 14.8 Å². The van der Waals surface area contributed by atoms with Gasteiger partial charge in [0.05, 0.1) is 0 Å². The summed E-state index contributed by atoms with van der Waals surface area (Å²) in [5, 5.41) is 2.93. The van der Waals surface area contributed by atoms with Gasteiger partial charge in [-0.25, -0.2) is 4.79 Å². The summed E-state index contributed by atoms with van der Waals surface area (Å²) < 4.78 is 0. The van der Waals surface area contributed by atoms with Crippen molar-refractivity contribution in [3.05, 3.63) is 54.4 Å². The normalized spacial score (nSPS) is 14.7. The number of pyridine rings is 1. The first-order chi connectivity index (χ1) is 13.0. The second-order valence-electron chi connectivity index (χ2n) is 6.67. The van der Waals surface area contributed by atoms with Gasteiger partial charge in [0.1, 0.15) is 0 Å². The number of anilines is 2. The minimum atomic E-state index is -0.0915. The largest absolute Gasteiger partial charge is 0.322 e. The van der Waals surface area contributed by atoms with Crippen LogP contribution in [0.5, 0.6) is 0 Å². The molecule has 1 N–H and O–H groups in total. The number of aromatic nitrogens is 1. The fraction of sp³-hybridized carbons (Fsp3) is 0.350. The number of amides is 3. The maximum Gasteiger partial charge on any atom is 0.321 e. The van der Waals surface area contributed by atoms with Crippen molar-refractivity contribution in [2.75, 3.05) is 43.4 Å². The first-order valence-corrected chi connectivity index (χ1v) is 9.04. The van der Waals surface area contributed by atoms with Crippen LogP contribution in [-0.4, -0.2) is 59.9 Å². The maximum absolute atomic E-state index is 12.5. The Balaban J connectivity index is 1.49. The van der Waals surface area contributed by atoms with Gasteiger partial charge in [-0.1, -0.05) is 0 Å². The number of hydrogen-bond donors (Lipinski definition) is 1. The van der Waals surface area contributed by atoms with Crippen molar-refractivity contribution in [3.63, 3.8) is 0 Å². The Hall–Kier alpha value is -2.93. The number of piperazine rings is 1. The highest BCUT2D eigenvalue weighted by molar-refractivity contribution is 5.92. The van der Waals surface area contributed by atoms with Crippen LogP contribution in [-0.2, 0) is 11.3 Å². The molecule has 0 unspecified atom stereocenters. The highest BCUT2D eigenvalue weighted by Gasteiger charge is 2.21. The van der Waals surface area contributed by atoms with Crippen molar-refractivity contribution in [3.8, 4) is 0 Å². The third-order valence-electron chi connectivity index (χ3n) is 4.79. The Morgan fingerprint density at radius 2 is 1.67 bits per heavy atom. The molecule has 0 spiro atoms. The van der Waals surface area contributed by atoms with Gasteiger partial charge >= 0.3 is 6.03 Å². The minimum absolute atomic E-state index is 0.0311. The van der Waals surface area contributed by atoms with E-state index in [1.54, 1.807) is 24.3 Å². The van der Waals surface area contributed by atoms with Crippen LogP contribution in [0.4, 0.5) is 16.2 Å². The van der Waals surface area contributed by atoms with Gasteiger partial charge in [0.15, 0.2) is 0 Å². The lowest BCUT2D eigenvalue weighted by Gasteiger charge is -2.34. The molecule has 7 heteroatoms. The third-order valence-corrected chi connectivity index (χ3v) is 4.79. The minimum Gasteiger partial charge on any atom is -0.322 e. The number of hydrogen-bond acceptors (Lipinski definition) is 4. The van der Waals surface area contributed by atoms with E-state index < -0.39 is 0 Å². The third kappa shape index (κ3) is 5.04. The molecule has 1 saturated heterocycles. The molecule has 0 saturated carbocycles. The van der Waals surface area contributed by atoms with Crippen LogP contribution in [0.25, 0.3) is 0 Å². The molecule has 1 fully saturated rings. The Labute approximate surface area is 159 Å². The molecule has 27 heavy (non-hydrogen) atoms. The highest BCUT2D eigenvalue weighted by Crippen LogP contribution is 2.18. The number of benzene rings is 1. The summed E-state index contributed by atoms with van der Waals surface area (Å²) in [5.41, 5.74) is 2.75. The van der Waals surface area contributed by atoms with E-state index in [-0.39, 0.29) is 11.9 Å². The number of urea groups is 1. The molecule has 0 radical (unpaired) electrons. The Morgan fingerprint density at radius 1 is 1.04 bits per heavy atom. The van der Waals surface area contributed by atoms with E-state index >= 15 is 0 Å². The average Bonchev–Trinajstić information content (AvgIpc) is 2.69. The van der Waals surface area contributed by atoms with Crippen LogP contribution in [0.1, 0.15) is 12.5 Å². The van der Waals surface area contributed by atoms with Crippen molar-refractivity contribution in [2.24, 2.45) is 0 Å². The summed E-state index contributed by atoms with van der Waals surface area (Å²) in [4.78, 5) is 33.7. The van der Waals surface area contributed by atoms with E-state index in [0.717, 1.165) is 31.0 Å². The molecular weight excluding hydrogens is 342 g/mol. The first-order valence-electron chi connectivity index (χ1n) is 9.04. The topological polar surface area (TPSA) is 68.8 Å². The van der Waals surface area contributed by atoms with Crippen LogP contribution in [0.3, 0.4) is 0 Å². The van der Waals surface area contributed by atoms with Crippen LogP contribution in [0.2, 0.25) is 0 Å². The lowest BCUT2D eigenvalue weighted by Crippen LogP contribution is -2.49. The van der Waals surface area contributed by atoms with E-state index in [2.05, 4.69) is 15.2 Å². The second-order valence-corrected chi connectivity index (χ2v) is 6.67. The van der Waals surface area contributed by atoms with Crippen molar-refractivity contribution < 1.29 is 9.59 Å². The Bertz CT molecular complexity index is 771. The van der Waals surface area contributed by atoms with Crippen LogP contribution >= 0.6 is 0 Å². The van der Waals surface area contributed by atoms with E-state index in [4.69, 9.17) is 0 Å². The average molecular weight is 367 g/mol. The summed E-state index contributed by atoms with van der Waals surface area (Å²) in [5.74, 6) is -0.0311. The maximum atomic E-state index is 12.5. The van der Waals surface area contributed by atoms with Gasteiger partial charge in [0, 0.05) is 70.5 Å². The molecule has 3 rings (SSSR count). The van der Waals surface area contributed by atoms with Gasteiger partial charge in [0.25, 0.3) is 0 Å². The lowest BCUT2D eigenvalue weighted by molar-refractivity contribution is -0.116. The molecule has 1 aliphatic heterocycles. The van der Waals surface area contributed by atoms with Crippen molar-refractivity contribution >= 4 is 23.3 Å². The molecule has 0 bridgehead atoms. The Kier molecular flexibility index (Phi) is 6.03. The monoisotopic (exact) mass is 367 g/mol. The zero-order valence-corrected chi connectivity index (χ0v) is 15.8. The highest BCUT2D eigenvalue weighted by atomic mass is 16.2.